The normalized spacial score (nSPS) is 11.1. The fourth-order valence-corrected chi connectivity index (χ4v) is 3.69. The molecule has 0 aliphatic rings. The van der Waals surface area contributed by atoms with E-state index in [4.69, 9.17) is 0 Å². The summed E-state index contributed by atoms with van der Waals surface area (Å²) in [6.45, 7) is 0.351. The first kappa shape index (κ1) is 17.9. The Morgan fingerprint density at radius 2 is 1.96 bits per heavy atom. The number of fused-ring (bicyclic) bond motifs is 1. The van der Waals surface area contributed by atoms with Gasteiger partial charge in [-0.05, 0) is 35.7 Å². The Kier molecular flexibility index (Phi) is 4.44. The van der Waals surface area contributed by atoms with Crippen LogP contribution in [0.4, 0.5) is 4.39 Å². The van der Waals surface area contributed by atoms with Crippen LogP contribution in [0.2, 0.25) is 0 Å². The minimum Gasteiger partial charge on any atom is -0.347 e. The molecule has 4 aromatic rings. The summed E-state index contributed by atoms with van der Waals surface area (Å²) in [5.41, 5.74) is -0.522. The van der Waals surface area contributed by atoms with Crippen LogP contribution in [0.5, 0.6) is 0 Å². The Labute approximate surface area is 161 Å². The van der Waals surface area contributed by atoms with Gasteiger partial charge in [-0.2, -0.15) is 0 Å². The summed E-state index contributed by atoms with van der Waals surface area (Å²) >= 11 is 1.52. The quantitative estimate of drug-likeness (QED) is 0.552. The van der Waals surface area contributed by atoms with Gasteiger partial charge in [0.15, 0.2) is 0 Å². The van der Waals surface area contributed by atoms with Crippen LogP contribution in [0.15, 0.2) is 57.6 Å². The summed E-state index contributed by atoms with van der Waals surface area (Å²) in [4.78, 5) is 41.7. The Balaban J connectivity index is 1.79. The van der Waals surface area contributed by atoms with Gasteiger partial charge in [0.25, 0.3) is 11.5 Å². The summed E-state index contributed by atoms with van der Waals surface area (Å²) in [7, 11) is 1.62. The lowest BCUT2D eigenvalue weighted by molar-refractivity contribution is 0.0952. The highest BCUT2D eigenvalue weighted by molar-refractivity contribution is 7.09. The zero-order chi connectivity index (χ0) is 19.8. The standard InChI is InChI=1S/C19H15FN4O3S/c1-23-10-14(17(25)21-9-13-3-2-8-28-13)15-16(23)18(26)24(19(27)22-15)12-6-4-11(20)5-7-12/h2-8,10H,9H2,1H3,(H,21,25)(H,22,27). The van der Waals surface area contributed by atoms with E-state index in [2.05, 4.69) is 10.3 Å². The lowest BCUT2D eigenvalue weighted by Crippen LogP contribution is -2.34. The zero-order valence-electron chi connectivity index (χ0n) is 14.7. The molecule has 28 heavy (non-hydrogen) atoms. The van der Waals surface area contributed by atoms with Crippen molar-refractivity contribution >= 4 is 28.3 Å². The molecule has 7 nitrogen and oxygen atoms in total. The van der Waals surface area contributed by atoms with Gasteiger partial charge in [-0.3, -0.25) is 9.59 Å². The van der Waals surface area contributed by atoms with Gasteiger partial charge in [0, 0.05) is 18.1 Å². The molecule has 0 aliphatic carbocycles. The van der Waals surface area contributed by atoms with E-state index in [0.717, 1.165) is 9.44 Å². The van der Waals surface area contributed by atoms with Crippen molar-refractivity contribution in [3.63, 3.8) is 0 Å². The van der Waals surface area contributed by atoms with Gasteiger partial charge < -0.3 is 14.9 Å². The summed E-state index contributed by atoms with van der Waals surface area (Å²) in [5.74, 6) is -0.869. The molecule has 3 aromatic heterocycles. The average Bonchev–Trinajstić information content (AvgIpc) is 3.29. The van der Waals surface area contributed by atoms with Crippen LogP contribution >= 0.6 is 11.3 Å². The van der Waals surface area contributed by atoms with E-state index in [1.54, 1.807) is 7.05 Å². The van der Waals surface area contributed by atoms with Crippen LogP contribution in [0.25, 0.3) is 16.7 Å². The molecule has 9 heteroatoms. The number of benzene rings is 1. The molecule has 1 amide bonds. The molecule has 0 unspecified atom stereocenters. The van der Waals surface area contributed by atoms with Gasteiger partial charge >= 0.3 is 5.69 Å². The molecule has 1 aromatic carbocycles. The highest BCUT2D eigenvalue weighted by Gasteiger charge is 2.20. The van der Waals surface area contributed by atoms with Crippen molar-refractivity contribution in [2.24, 2.45) is 7.05 Å². The maximum atomic E-state index is 13.2. The summed E-state index contributed by atoms with van der Waals surface area (Å²) in [5, 5.41) is 4.70. The number of amides is 1. The van der Waals surface area contributed by atoms with Crippen LogP contribution in [0.1, 0.15) is 15.2 Å². The van der Waals surface area contributed by atoms with Gasteiger partial charge in [0.05, 0.1) is 23.3 Å². The van der Waals surface area contributed by atoms with Gasteiger partial charge in [-0.1, -0.05) is 6.07 Å². The van der Waals surface area contributed by atoms with E-state index in [1.165, 1.54) is 46.4 Å². The van der Waals surface area contributed by atoms with Gasteiger partial charge in [0.1, 0.15) is 11.3 Å². The van der Waals surface area contributed by atoms with E-state index >= 15 is 0 Å². The molecular formula is C19H15FN4O3S. The predicted molar refractivity (Wildman–Crippen MR) is 105 cm³/mol. The van der Waals surface area contributed by atoms with E-state index in [0.29, 0.717) is 6.54 Å². The smallest absolute Gasteiger partial charge is 0.333 e. The van der Waals surface area contributed by atoms with Crippen LogP contribution in [0.3, 0.4) is 0 Å². The molecule has 0 spiro atoms. The topological polar surface area (TPSA) is 88.9 Å². The molecule has 142 valence electrons. The van der Waals surface area contributed by atoms with Crippen molar-refractivity contribution in [2.75, 3.05) is 0 Å². The van der Waals surface area contributed by atoms with Gasteiger partial charge in [-0.15, -0.1) is 11.3 Å². The van der Waals surface area contributed by atoms with Crippen molar-refractivity contribution in [2.45, 2.75) is 6.54 Å². The number of carbonyl (C=O) groups is 1. The fraction of sp³-hybridized carbons (Fsp3) is 0.105. The van der Waals surface area contributed by atoms with Crippen molar-refractivity contribution in [3.8, 4) is 5.69 Å². The van der Waals surface area contributed by atoms with Crippen LogP contribution in [-0.2, 0) is 13.6 Å². The molecule has 0 saturated heterocycles. The first-order chi connectivity index (χ1) is 13.5. The second-order valence-corrected chi connectivity index (χ2v) is 7.22. The third-order valence-electron chi connectivity index (χ3n) is 4.36. The monoisotopic (exact) mass is 398 g/mol. The van der Waals surface area contributed by atoms with E-state index < -0.39 is 23.0 Å². The van der Waals surface area contributed by atoms with E-state index in [9.17, 15) is 18.8 Å². The van der Waals surface area contributed by atoms with Crippen molar-refractivity contribution in [1.29, 1.82) is 0 Å². The third kappa shape index (κ3) is 3.05. The van der Waals surface area contributed by atoms with Crippen LogP contribution < -0.4 is 16.6 Å². The molecule has 0 fully saturated rings. The number of thiophene rings is 1. The maximum absolute atomic E-state index is 13.2. The van der Waals surface area contributed by atoms with Gasteiger partial charge in [-0.25, -0.2) is 13.8 Å². The molecule has 0 saturated carbocycles. The van der Waals surface area contributed by atoms with Crippen molar-refractivity contribution < 1.29 is 9.18 Å². The highest BCUT2D eigenvalue weighted by Crippen LogP contribution is 2.16. The molecule has 2 N–H and O–H groups in total. The molecule has 4 rings (SSSR count). The molecule has 0 atom stereocenters. The van der Waals surface area contributed by atoms with Crippen LogP contribution in [-0.4, -0.2) is 20.0 Å². The summed E-state index contributed by atoms with van der Waals surface area (Å²) < 4.78 is 15.6. The predicted octanol–water partition coefficient (Wildman–Crippen LogP) is 2.15. The number of rotatable bonds is 4. The summed E-state index contributed by atoms with van der Waals surface area (Å²) in [6.07, 6.45) is 1.50. The number of aromatic nitrogens is 3. The third-order valence-corrected chi connectivity index (χ3v) is 5.23. The summed E-state index contributed by atoms with van der Waals surface area (Å²) in [6, 6.07) is 8.81. The number of aromatic amines is 1. The van der Waals surface area contributed by atoms with Crippen LogP contribution in [0, 0.1) is 5.82 Å². The fourth-order valence-electron chi connectivity index (χ4n) is 3.04. The first-order valence-corrected chi connectivity index (χ1v) is 9.24. The lowest BCUT2D eigenvalue weighted by atomic mass is 10.2. The Morgan fingerprint density at radius 3 is 2.64 bits per heavy atom. The van der Waals surface area contributed by atoms with Crippen molar-refractivity contribution in [1.82, 2.24) is 19.4 Å². The Bertz CT molecular complexity index is 1280. The minimum absolute atomic E-state index is 0.166. The molecular weight excluding hydrogens is 383 g/mol. The average molecular weight is 398 g/mol. The maximum Gasteiger partial charge on any atom is 0.333 e. The van der Waals surface area contributed by atoms with E-state index in [1.807, 2.05) is 17.5 Å². The minimum atomic E-state index is -0.706. The lowest BCUT2D eigenvalue weighted by Gasteiger charge is -2.06. The molecule has 3 heterocycles. The molecule has 0 aliphatic heterocycles. The number of H-pyrrole nitrogens is 1. The van der Waals surface area contributed by atoms with Crippen molar-refractivity contribution in [3.05, 3.63) is 85.1 Å². The number of nitrogens with one attached hydrogen (secondary N) is 2. The molecule has 0 radical (unpaired) electrons. The largest absolute Gasteiger partial charge is 0.347 e. The number of halogens is 1. The zero-order valence-corrected chi connectivity index (χ0v) is 15.5. The number of hydrogen-bond acceptors (Lipinski definition) is 4. The Morgan fingerprint density at radius 1 is 1.21 bits per heavy atom. The number of nitrogens with zero attached hydrogens (tertiary/aromatic N) is 2. The number of carbonyl (C=O) groups excluding carboxylic acids is 1. The second-order valence-electron chi connectivity index (χ2n) is 6.19. The molecule has 0 bridgehead atoms. The number of aryl methyl sites for hydroxylation is 1. The van der Waals surface area contributed by atoms with Gasteiger partial charge in [0.2, 0.25) is 0 Å². The first-order valence-electron chi connectivity index (χ1n) is 8.36. The second kappa shape index (κ2) is 6.93. The highest BCUT2D eigenvalue weighted by atomic mass is 32.1. The van der Waals surface area contributed by atoms with E-state index in [-0.39, 0.29) is 22.3 Å². The Hall–Kier alpha value is -3.46. The number of hydrogen-bond donors (Lipinski definition) is 2. The SMILES string of the molecule is Cn1cc(C(=O)NCc2cccs2)c2[nH]c(=O)n(-c3ccc(F)cc3)c(=O)c21.